The minimum Gasteiger partial charge on any atom is -0.379 e. The number of ether oxygens (including phenoxy) is 3. The maximum absolute atomic E-state index is 14.0. The van der Waals surface area contributed by atoms with Crippen molar-refractivity contribution in [2.24, 2.45) is 0 Å². The SMILES string of the molecule is CO[C@@H]1COCC[C@@H]1NC1CCN(C(=O)c2nc(-c3cc(C)on3)nc(NC[C@H]3CCC[C@@H](c4ccc(C(F)(F)F)cc4)O3)c2C)CC1. The molecule has 0 radical (unpaired) electrons. The fraction of sp³-hybridized carbons (Fsp3) is 0.588. The van der Waals surface area contributed by atoms with Gasteiger partial charge in [0.2, 0.25) is 0 Å². The smallest absolute Gasteiger partial charge is 0.379 e. The number of aryl methyl sites for hydroxylation is 1. The van der Waals surface area contributed by atoms with Crippen molar-refractivity contribution >= 4 is 11.7 Å². The number of benzene rings is 1. The van der Waals surface area contributed by atoms with E-state index in [1.807, 2.05) is 11.8 Å². The summed E-state index contributed by atoms with van der Waals surface area (Å²) in [6.07, 6.45) is -0.0304. The van der Waals surface area contributed by atoms with Crippen LogP contribution in [0.3, 0.4) is 0 Å². The first-order valence-electron chi connectivity index (χ1n) is 16.6. The van der Waals surface area contributed by atoms with Crippen molar-refractivity contribution in [1.82, 2.24) is 25.3 Å². The summed E-state index contributed by atoms with van der Waals surface area (Å²) in [4.78, 5) is 25.2. The first-order valence-corrected chi connectivity index (χ1v) is 16.6. The van der Waals surface area contributed by atoms with Gasteiger partial charge in [0, 0.05) is 57.1 Å². The Bertz CT molecular complexity index is 1540. The van der Waals surface area contributed by atoms with Gasteiger partial charge < -0.3 is 34.3 Å². The highest BCUT2D eigenvalue weighted by Gasteiger charge is 2.33. The highest BCUT2D eigenvalue weighted by molar-refractivity contribution is 5.95. The number of aromatic nitrogens is 3. The predicted molar refractivity (Wildman–Crippen MR) is 170 cm³/mol. The van der Waals surface area contributed by atoms with Crippen LogP contribution in [0.4, 0.5) is 19.0 Å². The quantitative estimate of drug-likeness (QED) is 0.302. The number of nitrogens with one attached hydrogen (secondary N) is 2. The van der Waals surface area contributed by atoms with E-state index in [9.17, 15) is 18.0 Å². The zero-order valence-electron chi connectivity index (χ0n) is 27.5. The Morgan fingerprint density at radius 2 is 1.83 bits per heavy atom. The number of alkyl halides is 3. The number of hydrogen-bond acceptors (Lipinski definition) is 10. The summed E-state index contributed by atoms with van der Waals surface area (Å²) in [7, 11) is 1.71. The van der Waals surface area contributed by atoms with E-state index in [1.165, 1.54) is 12.1 Å². The number of anilines is 1. The number of carbonyl (C=O) groups is 1. The van der Waals surface area contributed by atoms with Crippen LogP contribution in [0, 0.1) is 13.8 Å². The highest BCUT2D eigenvalue weighted by Crippen LogP contribution is 2.35. The third-order valence-electron chi connectivity index (χ3n) is 9.50. The lowest BCUT2D eigenvalue weighted by Gasteiger charge is -2.38. The molecule has 2 aromatic heterocycles. The first-order chi connectivity index (χ1) is 23.1. The Labute approximate surface area is 277 Å². The fourth-order valence-corrected chi connectivity index (χ4v) is 6.71. The number of piperidine rings is 1. The molecule has 3 saturated heterocycles. The number of carbonyl (C=O) groups excluding carboxylic acids is 1. The Kier molecular flexibility index (Phi) is 10.6. The lowest BCUT2D eigenvalue weighted by molar-refractivity contribution is -0.137. The Balaban J connectivity index is 1.13. The molecular formula is C34H43F3N6O5. The van der Waals surface area contributed by atoms with Crippen molar-refractivity contribution in [2.45, 2.75) is 88.9 Å². The van der Waals surface area contributed by atoms with Crippen LogP contribution in [0.2, 0.25) is 0 Å². The monoisotopic (exact) mass is 672 g/mol. The number of rotatable bonds is 9. The van der Waals surface area contributed by atoms with Crippen molar-refractivity contribution in [2.75, 3.05) is 45.3 Å². The van der Waals surface area contributed by atoms with Gasteiger partial charge in [-0.05, 0) is 70.1 Å². The van der Waals surface area contributed by atoms with Crippen LogP contribution in [0.1, 0.15) is 77.6 Å². The second-order valence-electron chi connectivity index (χ2n) is 12.8. The van der Waals surface area contributed by atoms with E-state index in [0.717, 1.165) is 50.7 Å². The molecule has 3 aliphatic rings. The van der Waals surface area contributed by atoms with E-state index >= 15 is 0 Å². The van der Waals surface area contributed by atoms with Gasteiger partial charge in [-0.2, -0.15) is 13.2 Å². The third-order valence-corrected chi connectivity index (χ3v) is 9.50. The van der Waals surface area contributed by atoms with E-state index in [2.05, 4.69) is 20.8 Å². The Hall–Kier alpha value is -3.59. The van der Waals surface area contributed by atoms with E-state index in [4.69, 9.17) is 23.7 Å². The van der Waals surface area contributed by atoms with Crippen molar-refractivity contribution in [3.8, 4) is 11.5 Å². The van der Waals surface area contributed by atoms with Gasteiger partial charge in [-0.3, -0.25) is 4.79 Å². The van der Waals surface area contributed by atoms with Gasteiger partial charge in [0.15, 0.2) is 11.5 Å². The highest BCUT2D eigenvalue weighted by atomic mass is 19.4. The largest absolute Gasteiger partial charge is 0.416 e. The molecule has 5 heterocycles. The molecule has 4 atom stereocenters. The van der Waals surface area contributed by atoms with Crippen LogP contribution in [0.15, 0.2) is 34.9 Å². The second-order valence-corrected chi connectivity index (χ2v) is 12.8. The van der Waals surface area contributed by atoms with Crippen LogP contribution in [0.5, 0.6) is 0 Å². The molecule has 11 nitrogen and oxygen atoms in total. The molecule has 3 fully saturated rings. The second kappa shape index (κ2) is 14.9. The molecule has 1 aromatic carbocycles. The van der Waals surface area contributed by atoms with Gasteiger partial charge in [-0.1, -0.05) is 17.3 Å². The lowest BCUT2D eigenvalue weighted by Crippen LogP contribution is -2.54. The molecular weight excluding hydrogens is 629 g/mol. The van der Waals surface area contributed by atoms with Crippen LogP contribution < -0.4 is 10.6 Å². The summed E-state index contributed by atoms with van der Waals surface area (Å²) in [6, 6.07) is 7.39. The standard InChI is InChI=1S/C34H43F3N6O5/c1-20-17-27(42-48-20)32-40-30(33(44)43-14-11-24(12-15-43)39-26-13-16-46-19-29(26)45-3)21(2)31(41-32)38-18-25-5-4-6-28(47-25)22-7-9-23(10-8-22)34(35,36)37/h7-10,17,24-26,28-29,39H,4-6,11-16,18-19H2,1-3H3,(H,38,40,41)/t25-,26+,28+,29-/m1/s1. The van der Waals surface area contributed by atoms with Gasteiger partial charge in [0.05, 0.1) is 30.5 Å². The first kappa shape index (κ1) is 34.3. The maximum atomic E-state index is 14.0. The maximum Gasteiger partial charge on any atom is 0.416 e. The van der Waals surface area contributed by atoms with Gasteiger partial charge in [-0.25, -0.2) is 9.97 Å². The number of methoxy groups -OCH3 is 1. The number of hydrogen-bond donors (Lipinski definition) is 2. The fourth-order valence-electron chi connectivity index (χ4n) is 6.71. The molecule has 48 heavy (non-hydrogen) atoms. The van der Waals surface area contributed by atoms with E-state index < -0.39 is 11.7 Å². The van der Waals surface area contributed by atoms with Crippen molar-refractivity contribution in [3.05, 3.63) is 58.5 Å². The molecule has 0 aliphatic carbocycles. The Morgan fingerprint density at radius 3 is 2.52 bits per heavy atom. The van der Waals surface area contributed by atoms with Gasteiger partial charge in [-0.15, -0.1) is 0 Å². The van der Waals surface area contributed by atoms with Crippen LogP contribution in [-0.4, -0.2) is 90.2 Å². The molecule has 6 rings (SSSR count). The third kappa shape index (κ3) is 7.99. The van der Waals surface area contributed by atoms with Crippen LogP contribution in [0.25, 0.3) is 11.5 Å². The summed E-state index contributed by atoms with van der Waals surface area (Å²) in [6.45, 7) is 6.45. The summed E-state index contributed by atoms with van der Waals surface area (Å²) in [5.74, 6) is 1.19. The van der Waals surface area contributed by atoms with Crippen LogP contribution >= 0.6 is 0 Å². The predicted octanol–water partition coefficient (Wildman–Crippen LogP) is 5.49. The lowest BCUT2D eigenvalue weighted by atomic mass is 9.97. The number of nitrogens with zero attached hydrogens (tertiary/aromatic N) is 4. The van der Waals surface area contributed by atoms with E-state index in [0.29, 0.717) is 66.9 Å². The van der Waals surface area contributed by atoms with Gasteiger partial charge in [0.25, 0.3) is 5.91 Å². The molecule has 3 aromatic rings. The molecule has 2 N–H and O–H groups in total. The summed E-state index contributed by atoms with van der Waals surface area (Å²) >= 11 is 0. The molecule has 14 heteroatoms. The van der Waals surface area contributed by atoms with Crippen LogP contribution in [-0.2, 0) is 20.4 Å². The van der Waals surface area contributed by atoms with Gasteiger partial charge in [0.1, 0.15) is 17.3 Å². The van der Waals surface area contributed by atoms with Crippen molar-refractivity contribution in [1.29, 1.82) is 0 Å². The molecule has 0 spiro atoms. The van der Waals surface area contributed by atoms with Gasteiger partial charge >= 0.3 is 6.18 Å². The molecule has 260 valence electrons. The normalized spacial score (nSPS) is 24.1. The molecule has 0 unspecified atom stereocenters. The average molecular weight is 673 g/mol. The zero-order chi connectivity index (χ0) is 33.8. The molecule has 0 saturated carbocycles. The number of likely N-dealkylation sites (tertiary alicyclic amines) is 1. The topological polar surface area (TPSA) is 124 Å². The molecule has 0 bridgehead atoms. The zero-order valence-corrected chi connectivity index (χ0v) is 27.5. The number of amides is 1. The summed E-state index contributed by atoms with van der Waals surface area (Å²) < 4.78 is 62.0. The minimum absolute atomic E-state index is 0.0151. The number of halogens is 3. The van der Waals surface area contributed by atoms with Crippen molar-refractivity contribution < 1.29 is 36.7 Å². The van der Waals surface area contributed by atoms with E-state index in [1.54, 1.807) is 20.1 Å². The summed E-state index contributed by atoms with van der Waals surface area (Å²) in [5, 5.41) is 11.2. The van der Waals surface area contributed by atoms with E-state index in [-0.39, 0.29) is 42.1 Å². The molecule has 1 amide bonds. The summed E-state index contributed by atoms with van der Waals surface area (Å²) in [5.41, 5.74) is 1.37. The minimum atomic E-state index is -4.38. The van der Waals surface area contributed by atoms with Crippen molar-refractivity contribution in [3.63, 3.8) is 0 Å². The Morgan fingerprint density at radius 1 is 1.06 bits per heavy atom. The molecule has 3 aliphatic heterocycles. The average Bonchev–Trinajstić information content (AvgIpc) is 3.54.